The van der Waals surface area contributed by atoms with E-state index in [-0.39, 0.29) is 6.04 Å². The number of hydrogen-bond donors (Lipinski definition) is 2. The topological polar surface area (TPSA) is 38.0 Å². The number of terminal acetylenes is 1. The van der Waals surface area contributed by atoms with E-state index in [2.05, 4.69) is 17.4 Å². The van der Waals surface area contributed by atoms with Gasteiger partial charge in [-0.15, -0.1) is 23.7 Å². The Morgan fingerprint density at radius 3 is 3.08 bits per heavy atom. The van der Waals surface area contributed by atoms with Gasteiger partial charge in [-0.05, 0) is 17.9 Å². The summed E-state index contributed by atoms with van der Waals surface area (Å²) in [5.74, 6) is 8.00. The van der Waals surface area contributed by atoms with E-state index in [9.17, 15) is 0 Å². The molecule has 0 spiro atoms. The Morgan fingerprint density at radius 1 is 1.75 bits per heavy atom. The number of hydrazine groups is 1. The van der Waals surface area contributed by atoms with Crippen molar-refractivity contribution in [3.63, 3.8) is 0 Å². The zero-order valence-corrected chi connectivity index (χ0v) is 7.60. The highest BCUT2D eigenvalue weighted by molar-refractivity contribution is 7.10. The molecule has 1 aromatic heterocycles. The molecule has 2 nitrogen and oxygen atoms in total. The summed E-state index contributed by atoms with van der Waals surface area (Å²) >= 11 is 1.69. The van der Waals surface area contributed by atoms with Crippen molar-refractivity contribution >= 4 is 11.3 Å². The van der Waals surface area contributed by atoms with E-state index < -0.39 is 0 Å². The summed E-state index contributed by atoms with van der Waals surface area (Å²) in [5.41, 5.74) is 2.75. The molecule has 1 atom stereocenters. The molecule has 12 heavy (non-hydrogen) atoms. The maximum atomic E-state index is 5.39. The Labute approximate surface area is 76.8 Å². The van der Waals surface area contributed by atoms with Gasteiger partial charge in [0.15, 0.2) is 0 Å². The number of hydrogen-bond acceptors (Lipinski definition) is 3. The van der Waals surface area contributed by atoms with E-state index in [0.29, 0.717) is 0 Å². The van der Waals surface area contributed by atoms with Crippen LogP contribution in [0, 0.1) is 12.3 Å². The molecular formula is C9H12N2S. The molecule has 1 unspecified atom stereocenters. The first-order valence-electron chi connectivity index (χ1n) is 3.81. The molecule has 0 aliphatic rings. The van der Waals surface area contributed by atoms with Crippen molar-refractivity contribution in [2.75, 3.05) is 0 Å². The van der Waals surface area contributed by atoms with Gasteiger partial charge >= 0.3 is 0 Å². The lowest BCUT2D eigenvalue weighted by Gasteiger charge is -2.11. The fraction of sp³-hybridized carbons (Fsp3) is 0.333. The highest BCUT2D eigenvalue weighted by atomic mass is 32.1. The molecule has 0 amide bonds. The van der Waals surface area contributed by atoms with Crippen LogP contribution in [0.25, 0.3) is 0 Å². The summed E-state index contributed by atoms with van der Waals surface area (Å²) in [7, 11) is 0. The molecule has 1 aromatic rings. The van der Waals surface area contributed by atoms with Gasteiger partial charge in [-0.2, -0.15) is 0 Å². The second kappa shape index (κ2) is 4.94. The van der Waals surface area contributed by atoms with Crippen LogP contribution in [-0.4, -0.2) is 0 Å². The van der Waals surface area contributed by atoms with E-state index in [4.69, 9.17) is 12.3 Å². The largest absolute Gasteiger partial charge is 0.271 e. The van der Waals surface area contributed by atoms with Crippen LogP contribution in [0.3, 0.4) is 0 Å². The van der Waals surface area contributed by atoms with Gasteiger partial charge in [0.1, 0.15) is 0 Å². The van der Waals surface area contributed by atoms with Crippen LogP contribution < -0.4 is 11.3 Å². The second-order valence-corrected chi connectivity index (χ2v) is 3.46. The Bertz CT molecular complexity index is 248. The molecule has 0 fully saturated rings. The number of thiophene rings is 1. The van der Waals surface area contributed by atoms with Crippen LogP contribution in [0.1, 0.15) is 23.8 Å². The lowest BCUT2D eigenvalue weighted by molar-refractivity contribution is 0.532. The predicted molar refractivity (Wildman–Crippen MR) is 52.5 cm³/mol. The predicted octanol–water partition coefficient (Wildman–Crippen LogP) is 1.67. The third kappa shape index (κ3) is 2.35. The van der Waals surface area contributed by atoms with E-state index >= 15 is 0 Å². The lowest BCUT2D eigenvalue weighted by Crippen LogP contribution is -2.27. The number of rotatable bonds is 4. The summed E-state index contributed by atoms with van der Waals surface area (Å²) in [5, 5.41) is 2.04. The van der Waals surface area contributed by atoms with Crippen molar-refractivity contribution in [2.45, 2.75) is 18.9 Å². The average Bonchev–Trinajstić information content (AvgIpc) is 2.59. The summed E-state index contributed by atoms with van der Waals surface area (Å²) in [6.07, 6.45) is 6.82. The van der Waals surface area contributed by atoms with Crippen LogP contribution in [-0.2, 0) is 0 Å². The molecule has 64 valence electrons. The maximum Gasteiger partial charge on any atom is 0.0562 e. The molecule has 3 N–H and O–H groups in total. The molecule has 0 aliphatic heterocycles. The van der Waals surface area contributed by atoms with Crippen LogP contribution in [0.4, 0.5) is 0 Å². The van der Waals surface area contributed by atoms with Crippen molar-refractivity contribution < 1.29 is 0 Å². The van der Waals surface area contributed by atoms with Gasteiger partial charge in [0, 0.05) is 11.3 Å². The Hall–Kier alpha value is -0.820. The summed E-state index contributed by atoms with van der Waals surface area (Å²) < 4.78 is 0. The summed E-state index contributed by atoms with van der Waals surface area (Å²) in [4.78, 5) is 1.24. The van der Waals surface area contributed by atoms with Crippen molar-refractivity contribution in [1.29, 1.82) is 0 Å². The van der Waals surface area contributed by atoms with E-state index in [0.717, 1.165) is 12.8 Å². The van der Waals surface area contributed by atoms with Crippen molar-refractivity contribution in [3.8, 4) is 12.3 Å². The first kappa shape index (κ1) is 9.27. The first-order valence-corrected chi connectivity index (χ1v) is 4.69. The second-order valence-electron chi connectivity index (χ2n) is 2.48. The SMILES string of the molecule is C#CCCC(NN)c1cccs1. The molecule has 0 aliphatic carbocycles. The standard InChI is InChI=1S/C9H12N2S/c1-2-3-5-8(11-10)9-6-4-7-12-9/h1,4,6-8,11H,3,5,10H2. The van der Waals surface area contributed by atoms with Crippen molar-refractivity contribution in [2.24, 2.45) is 5.84 Å². The normalized spacial score (nSPS) is 12.3. The minimum atomic E-state index is 0.209. The molecule has 0 bridgehead atoms. The third-order valence-corrected chi connectivity index (χ3v) is 2.65. The van der Waals surface area contributed by atoms with E-state index in [1.807, 2.05) is 11.4 Å². The fourth-order valence-corrected chi connectivity index (χ4v) is 1.85. The zero-order chi connectivity index (χ0) is 8.81. The Kier molecular flexibility index (Phi) is 3.81. The molecule has 0 aromatic carbocycles. The van der Waals surface area contributed by atoms with Gasteiger partial charge in [0.05, 0.1) is 6.04 Å². The highest BCUT2D eigenvalue weighted by Gasteiger charge is 2.08. The first-order chi connectivity index (χ1) is 5.88. The quantitative estimate of drug-likeness (QED) is 0.420. The van der Waals surface area contributed by atoms with Gasteiger partial charge in [0.25, 0.3) is 0 Å². The Morgan fingerprint density at radius 2 is 2.58 bits per heavy atom. The third-order valence-electron chi connectivity index (χ3n) is 1.67. The molecule has 0 saturated carbocycles. The molecule has 1 heterocycles. The monoisotopic (exact) mass is 180 g/mol. The minimum absolute atomic E-state index is 0.209. The zero-order valence-electron chi connectivity index (χ0n) is 6.79. The summed E-state index contributed by atoms with van der Waals surface area (Å²) in [6.45, 7) is 0. The summed E-state index contributed by atoms with van der Waals surface area (Å²) in [6, 6.07) is 4.28. The average molecular weight is 180 g/mol. The number of nitrogens with two attached hydrogens (primary N) is 1. The fourth-order valence-electron chi connectivity index (χ4n) is 1.02. The van der Waals surface area contributed by atoms with Crippen LogP contribution in [0.2, 0.25) is 0 Å². The number of nitrogens with one attached hydrogen (secondary N) is 1. The van der Waals surface area contributed by atoms with Gasteiger partial charge in [-0.25, -0.2) is 0 Å². The van der Waals surface area contributed by atoms with Crippen LogP contribution >= 0.6 is 11.3 Å². The van der Waals surface area contributed by atoms with Gasteiger partial charge in [0.2, 0.25) is 0 Å². The van der Waals surface area contributed by atoms with Gasteiger partial charge in [-0.3, -0.25) is 11.3 Å². The molecule has 3 heteroatoms. The molecule has 1 rings (SSSR count). The van der Waals surface area contributed by atoms with E-state index in [1.165, 1.54) is 4.88 Å². The lowest BCUT2D eigenvalue weighted by atomic mass is 10.1. The van der Waals surface area contributed by atoms with Gasteiger partial charge < -0.3 is 0 Å². The van der Waals surface area contributed by atoms with Crippen molar-refractivity contribution in [3.05, 3.63) is 22.4 Å². The van der Waals surface area contributed by atoms with Crippen LogP contribution in [0.15, 0.2) is 17.5 Å². The smallest absolute Gasteiger partial charge is 0.0562 e. The highest BCUT2D eigenvalue weighted by Crippen LogP contribution is 2.21. The molecule has 0 saturated heterocycles. The molecular weight excluding hydrogens is 168 g/mol. The van der Waals surface area contributed by atoms with Crippen molar-refractivity contribution in [1.82, 2.24) is 5.43 Å². The van der Waals surface area contributed by atoms with Crippen LogP contribution in [0.5, 0.6) is 0 Å². The molecule has 0 radical (unpaired) electrons. The van der Waals surface area contributed by atoms with Gasteiger partial charge in [-0.1, -0.05) is 6.07 Å². The van der Waals surface area contributed by atoms with E-state index in [1.54, 1.807) is 11.3 Å². The maximum absolute atomic E-state index is 5.39. The Balaban J connectivity index is 2.52. The minimum Gasteiger partial charge on any atom is -0.271 e.